The van der Waals surface area contributed by atoms with Crippen LogP contribution < -0.4 is 5.32 Å². The molecule has 1 amide bonds. The second-order valence-corrected chi connectivity index (χ2v) is 15.6. The first kappa shape index (κ1) is 50.6. The van der Waals surface area contributed by atoms with Crippen molar-refractivity contribution in [2.24, 2.45) is 0 Å². The van der Waals surface area contributed by atoms with Gasteiger partial charge in [-0.15, -0.1) is 0 Å². The van der Waals surface area contributed by atoms with E-state index >= 15 is 0 Å². The molecule has 0 aromatic heterocycles. The quantitative estimate of drug-likeness (QED) is 0.0372. The molecule has 0 aliphatic rings. The zero-order valence-corrected chi connectivity index (χ0v) is 34.7. The van der Waals surface area contributed by atoms with Crippen LogP contribution in [0.5, 0.6) is 0 Å². The highest BCUT2D eigenvalue weighted by atomic mass is 16.3. The lowest BCUT2D eigenvalue weighted by atomic mass is 10.0. The lowest BCUT2D eigenvalue weighted by molar-refractivity contribution is -0.124. The number of aliphatic hydroxyl groups is 3. The van der Waals surface area contributed by atoms with Crippen molar-refractivity contribution in [2.45, 2.75) is 250 Å². The fourth-order valence-electron chi connectivity index (χ4n) is 6.88. The number of aliphatic hydroxyl groups excluding tert-OH is 3. The predicted octanol–water partition coefficient (Wildman–Crippen LogP) is 13.2. The average molecular weight is 732 g/mol. The fraction of sp³-hybridized carbons (Fsp3) is 0.851. The molecular formula is C47H89NO4. The Morgan fingerprint density at radius 2 is 0.788 bits per heavy atom. The van der Waals surface area contributed by atoms with E-state index in [4.69, 9.17) is 0 Å². The summed E-state index contributed by atoms with van der Waals surface area (Å²) >= 11 is 0. The Kier molecular flexibility index (Phi) is 41.1. The Balaban J connectivity index is 3.70. The standard InChI is InChI=1S/C47H89NO4/c1-3-5-7-9-11-13-15-17-19-21-23-24-25-27-29-31-33-35-37-39-41-45(50)47(52)44(43-49)48-46(51)42-40-38-36-34-32-30-28-26-22-20-18-16-14-12-10-8-6-4-2/h25-28,33,35,44-45,47,49-50,52H,3-24,29-32,34,36-43H2,1-2H3,(H,48,51)/b27-25+,28-26-,35-33+. The molecule has 52 heavy (non-hydrogen) atoms. The van der Waals surface area contributed by atoms with Crippen LogP contribution in [0.3, 0.4) is 0 Å². The Labute approximate surface area is 324 Å². The summed E-state index contributed by atoms with van der Waals surface area (Å²) in [6.07, 6.45) is 52.6. The molecule has 5 heteroatoms. The molecule has 0 bridgehead atoms. The first-order valence-electron chi connectivity index (χ1n) is 22.8. The van der Waals surface area contributed by atoms with Gasteiger partial charge >= 0.3 is 0 Å². The summed E-state index contributed by atoms with van der Waals surface area (Å²) in [6, 6.07) is -0.836. The van der Waals surface area contributed by atoms with E-state index in [1.54, 1.807) is 0 Å². The van der Waals surface area contributed by atoms with Crippen LogP contribution in [-0.4, -0.2) is 46.1 Å². The summed E-state index contributed by atoms with van der Waals surface area (Å²) in [6.45, 7) is 4.17. The monoisotopic (exact) mass is 732 g/mol. The van der Waals surface area contributed by atoms with Crippen molar-refractivity contribution in [2.75, 3.05) is 6.61 Å². The van der Waals surface area contributed by atoms with E-state index in [-0.39, 0.29) is 12.5 Å². The van der Waals surface area contributed by atoms with E-state index in [1.807, 2.05) is 0 Å². The third-order valence-corrected chi connectivity index (χ3v) is 10.4. The summed E-state index contributed by atoms with van der Waals surface area (Å²) < 4.78 is 0. The number of hydrogen-bond acceptors (Lipinski definition) is 4. The second-order valence-electron chi connectivity index (χ2n) is 15.6. The van der Waals surface area contributed by atoms with Crippen molar-refractivity contribution in [3.05, 3.63) is 36.5 Å². The largest absolute Gasteiger partial charge is 0.394 e. The third kappa shape index (κ3) is 36.9. The molecule has 0 aliphatic carbocycles. The molecule has 5 nitrogen and oxygen atoms in total. The van der Waals surface area contributed by atoms with Gasteiger partial charge in [-0.1, -0.05) is 185 Å². The summed E-state index contributed by atoms with van der Waals surface area (Å²) in [5.41, 5.74) is 0. The van der Waals surface area contributed by atoms with Crippen LogP contribution in [0.2, 0.25) is 0 Å². The predicted molar refractivity (Wildman–Crippen MR) is 227 cm³/mol. The third-order valence-electron chi connectivity index (χ3n) is 10.4. The SMILES string of the molecule is CCCCCCCCCCC/C=C\CCCCCCCC(=O)NC(CO)C(O)C(O)CCC/C=C/CC/C=C/CCCCCCCCCCCCC. The molecule has 306 valence electrons. The number of allylic oxidation sites excluding steroid dienone is 6. The minimum absolute atomic E-state index is 0.166. The number of nitrogens with one attached hydrogen (secondary N) is 1. The van der Waals surface area contributed by atoms with Gasteiger partial charge in [0.05, 0.1) is 18.8 Å². The summed E-state index contributed by atoms with van der Waals surface area (Å²) in [4.78, 5) is 12.4. The molecule has 0 radical (unpaired) electrons. The molecule has 3 unspecified atom stereocenters. The van der Waals surface area contributed by atoms with E-state index in [9.17, 15) is 20.1 Å². The van der Waals surface area contributed by atoms with Crippen LogP contribution in [0.1, 0.15) is 232 Å². The van der Waals surface area contributed by atoms with Crippen molar-refractivity contribution in [3.8, 4) is 0 Å². The van der Waals surface area contributed by atoms with Crippen LogP contribution >= 0.6 is 0 Å². The maximum Gasteiger partial charge on any atom is 0.220 e. The molecule has 3 atom stereocenters. The molecule has 0 saturated heterocycles. The second kappa shape index (κ2) is 42.3. The number of amides is 1. The molecule has 0 saturated carbocycles. The van der Waals surface area contributed by atoms with Crippen LogP contribution in [0.25, 0.3) is 0 Å². The Bertz CT molecular complexity index is 809. The highest BCUT2D eigenvalue weighted by molar-refractivity contribution is 5.76. The number of carbonyl (C=O) groups is 1. The molecule has 0 aliphatic heterocycles. The Morgan fingerprint density at radius 3 is 1.17 bits per heavy atom. The highest BCUT2D eigenvalue weighted by Gasteiger charge is 2.26. The Morgan fingerprint density at radius 1 is 0.462 bits per heavy atom. The van der Waals surface area contributed by atoms with Crippen molar-refractivity contribution in [1.82, 2.24) is 5.32 Å². The van der Waals surface area contributed by atoms with E-state index in [1.165, 1.54) is 154 Å². The van der Waals surface area contributed by atoms with Crippen molar-refractivity contribution >= 4 is 5.91 Å². The van der Waals surface area contributed by atoms with Crippen LogP contribution in [-0.2, 0) is 4.79 Å². The van der Waals surface area contributed by atoms with Gasteiger partial charge in [-0.25, -0.2) is 0 Å². The molecule has 0 heterocycles. The van der Waals surface area contributed by atoms with Gasteiger partial charge in [-0.05, 0) is 77.0 Å². The van der Waals surface area contributed by atoms with Gasteiger partial charge in [-0.2, -0.15) is 0 Å². The zero-order chi connectivity index (χ0) is 38.0. The number of hydrogen-bond donors (Lipinski definition) is 4. The van der Waals surface area contributed by atoms with Gasteiger partial charge < -0.3 is 20.6 Å². The number of carbonyl (C=O) groups excluding carboxylic acids is 1. The van der Waals surface area contributed by atoms with Gasteiger partial charge in [0.2, 0.25) is 5.91 Å². The van der Waals surface area contributed by atoms with E-state index < -0.39 is 18.2 Å². The van der Waals surface area contributed by atoms with Crippen LogP contribution in [0.15, 0.2) is 36.5 Å². The summed E-state index contributed by atoms with van der Waals surface area (Å²) in [5.74, 6) is -0.166. The van der Waals surface area contributed by atoms with Gasteiger partial charge in [0.1, 0.15) is 6.10 Å². The summed E-state index contributed by atoms with van der Waals surface area (Å²) in [5, 5.41) is 33.5. The minimum Gasteiger partial charge on any atom is -0.394 e. The highest BCUT2D eigenvalue weighted by Crippen LogP contribution is 2.14. The molecule has 0 aromatic rings. The van der Waals surface area contributed by atoms with Gasteiger partial charge in [0.15, 0.2) is 0 Å². The van der Waals surface area contributed by atoms with Gasteiger partial charge in [0.25, 0.3) is 0 Å². The van der Waals surface area contributed by atoms with E-state index in [0.29, 0.717) is 12.8 Å². The minimum atomic E-state index is -1.17. The topological polar surface area (TPSA) is 89.8 Å². The van der Waals surface area contributed by atoms with Crippen molar-refractivity contribution < 1.29 is 20.1 Å². The average Bonchev–Trinajstić information content (AvgIpc) is 3.15. The van der Waals surface area contributed by atoms with Crippen molar-refractivity contribution in [3.63, 3.8) is 0 Å². The number of unbranched alkanes of at least 4 members (excludes halogenated alkanes) is 27. The fourth-order valence-corrected chi connectivity index (χ4v) is 6.88. The van der Waals surface area contributed by atoms with Gasteiger partial charge in [-0.3, -0.25) is 4.79 Å². The first-order valence-corrected chi connectivity index (χ1v) is 22.8. The number of rotatable bonds is 41. The maximum atomic E-state index is 12.4. The van der Waals surface area contributed by atoms with E-state index in [0.717, 1.165) is 51.4 Å². The van der Waals surface area contributed by atoms with Crippen molar-refractivity contribution in [1.29, 1.82) is 0 Å². The Hall–Kier alpha value is -1.43. The molecule has 0 rings (SSSR count). The molecule has 0 fully saturated rings. The normalized spacial score (nSPS) is 13.9. The lowest BCUT2D eigenvalue weighted by Crippen LogP contribution is -2.50. The van der Waals surface area contributed by atoms with Crippen LogP contribution in [0.4, 0.5) is 0 Å². The molecule has 0 spiro atoms. The maximum absolute atomic E-state index is 12.4. The molecule has 4 N–H and O–H groups in total. The smallest absolute Gasteiger partial charge is 0.220 e. The zero-order valence-electron chi connectivity index (χ0n) is 34.7. The lowest BCUT2D eigenvalue weighted by Gasteiger charge is -2.26. The molecule has 0 aromatic carbocycles. The van der Waals surface area contributed by atoms with E-state index in [2.05, 4.69) is 55.6 Å². The first-order chi connectivity index (χ1) is 25.6. The van der Waals surface area contributed by atoms with Gasteiger partial charge in [0, 0.05) is 6.42 Å². The molecular weight excluding hydrogens is 643 g/mol. The van der Waals surface area contributed by atoms with Crippen LogP contribution in [0, 0.1) is 0 Å². The summed E-state index contributed by atoms with van der Waals surface area (Å²) in [7, 11) is 0.